The van der Waals surface area contributed by atoms with Crippen molar-refractivity contribution in [3.8, 4) is 0 Å². The molecule has 1 saturated heterocycles. The molecule has 0 spiro atoms. The van der Waals surface area contributed by atoms with Gasteiger partial charge in [0.15, 0.2) is 5.78 Å². The summed E-state index contributed by atoms with van der Waals surface area (Å²) in [5, 5.41) is 7.33. The van der Waals surface area contributed by atoms with Crippen LogP contribution in [0.4, 0.5) is 5.82 Å². The summed E-state index contributed by atoms with van der Waals surface area (Å²) in [5.74, 6) is 0.916. The molecule has 6 heteroatoms. The van der Waals surface area contributed by atoms with Crippen LogP contribution < -0.4 is 10.2 Å². The van der Waals surface area contributed by atoms with Gasteiger partial charge in [0, 0.05) is 43.4 Å². The molecular weight excluding hydrogens is 316 g/mol. The number of hydrogen-bond acceptors (Lipinski definition) is 4. The van der Waals surface area contributed by atoms with Crippen LogP contribution >= 0.6 is 0 Å². The van der Waals surface area contributed by atoms with E-state index < -0.39 is 0 Å². The third-order valence-electron chi connectivity index (χ3n) is 4.75. The highest BCUT2D eigenvalue weighted by atomic mass is 16.1. The van der Waals surface area contributed by atoms with Gasteiger partial charge in [0.1, 0.15) is 5.82 Å². The van der Waals surface area contributed by atoms with Crippen molar-refractivity contribution < 1.29 is 9.59 Å². The van der Waals surface area contributed by atoms with E-state index in [9.17, 15) is 9.59 Å². The number of nitrogens with zero attached hydrogens (tertiary/aromatic N) is 3. The Hall–Kier alpha value is -2.63. The average molecular weight is 340 g/mol. The minimum Gasteiger partial charge on any atom is -0.355 e. The number of aromatic nitrogens is 2. The van der Waals surface area contributed by atoms with Crippen molar-refractivity contribution in [2.75, 3.05) is 18.0 Å². The number of piperidine rings is 1. The van der Waals surface area contributed by atoms with Gasteiger partial charge in [-0.25, -0.2) is 0 Å². The summed E-state index contributed by atoms with van der Waals surface area (Å²) in [6.07, 6.45) is 3.75. The van der Waals surface area contributed by atoms with Gasteiger partial charge in [-0.15, -0.1) is 0 Å². The second kappa shape index (κ2) is 7.09. The monoisotopic (exact) mass is 340 g/mol. The van der Waals surface area contributed by atoms with Gasteiger partial charge in [0.25, 0.3) is 5.91 Å². The van der Waals surface area contributed by atoms with E-state index in [1.54, 1.807) is 18.3 Å². The molecule has 2 heterocycles. The summed E-state index contributed by atoms with van der Waals surface area (Å²) in [6.45, 7) is 5.13. The highest BCUT2D eigenvalue weighted by molar-refractivity contribution is 6.00. The lowest BCUT2D eigenvalue weighted by molar-refractivity contribution is 0.0933. The van der Waals surface area contributed by atoms with Crippen LogP contribution in [-0.2, 0) is 7.05 Å². The maximum atomic E-state index is 12.6. The Bertz CT molecular complexity index is 796. The van der Waals surface area contributed by atoms with Crippen LogP contribution in [0.1, 0.15) is 46.0 Å². The third-order valence-corrected chi connectivity index (χ3v) is 4.75. The molecule has 1 aromatic carbocycles. The summed E-state index contributed by atoms with van der Waals surface area (Å²) in [6, 6.07) is 7.36. The van der Waals surface area contributed by atoms with Gasteiger partial charge in [-0.1, -0.05) is 6.07 Å². The van der Waals surface area contributed by atoms with E-state index in [1.807, 2.05) is 30.8 Å². The van der Waals surface area contributed by atoms with Crippen molar-refractivity contribution >= 4 is 17.5 Å². The number of amides is 1. The molecule has 6 nitrogen and oxygen atoms in total. The fourth-order valence-corrected chi connectivity index (χ4v) is 3.39. The number of benzene rings is 1. The van der Waals surface area contributed by atoms with Crippen LogP contribution in [0.3, 0.4) is 0 Å². The molecule has 0 aliphatic carbocycles. The quantitative estimate of drug-likeness (QED) is 0.868. The van der Waals surface area contributed by atoms with Crippen molar-refractivity contribution in [1.82, 2.24) is 15.1 Å². The molecule has 3 rings (SSSR count). The second-order valence-corrected chi connectivity index (χ2v) is 6.66. The Morgan fingerprint density at radius 2 is 2.08 bits per heavy atom. The maximum Gasteiger partial charge on any atom is 0.251 e. The highest BCUT2D eigenvalue weighted by Crippen LogP contribution is 2.19. The molecule has 0 saturated carbocycles. The zero-order valence-corrected chi connectivity index (χ0v) is 15.0. The Kier molecular flexibility index (Phi) is 4.88. The summed E-state index contributed by atoms with van der Waals surface area (Å²) in [4.78, 5) is 26.5. The predicted molar refractivity (Wildman–Crippen MR) is 97.1 cm³/mol. The maximum absolute atomic E-state index is 12.6. The Labute approximate surface area is 147 Å². The fourth-order valence-electron chi connectivity index (χ4n) is 3.39. The van der Waals surface area contributed by atoms with Crippen LogP contribution in [0.5, 0.6) is 0 Å². The molecule has 1 aromatic heterocycles. The Morgan fingerprint density at radius 1 is 1.28 bits per heavy atom. The number of carbonyl (C=O) groups excluding carboxylic acids is 2. The largest absolute Gasteiger partial charge is 0.355 e. The predicted octanol–water partition coefficient (Wildman–Crippen LogP) is 2.33. The Balaban J connectivity index is 1.69. The van der Waals surface area contributed by atoms with E-state index in [-0.39, 0.29) is 17.7 Å². The van der Waals surface area contributed by atoms with Crippen molar-refractivity contribution in [3.63, 3.8) is 0 Å². The molecule has 2 aromatic rings. The second-order valence-electron chi connectivity index (χ2n) is 6.66. The highest BCUT2D eigenvalue weighted by Gasteiger charge is 2.23. The number of carbonyl (C=O) groups is 2. The van der Waals surface area contributed by atoms with Crippen LogP contribution in [-0.4, -0.2) is 40.6 Å². The lowest BCUT2D eigenvalue weighted by Gasteiger charge is -2.34. The molecule has 1 N–H and O–H groups in total. The number of anilines is 1. The molecule has 1 amide bonds. The molecule has 132 valence electrons. The Morgan fingerprint density at radius 3 is 2.76 bits per heavy atom. The van der Waals surface area contributed by atoms with Crippen molar-refractivity contribution in [1.29, 1.82) is 0 Å². The van der Waals surface area contributed by atoms with Crippen LogP contribution in [0.15, 0.2) is 30.5 Å². The molecule has 1 atom stereocenters. The number of hydrogen-bond donors (Lipinski definition) is 1. The lowest BCUT2D eigenvalue weighted by Crippen LogP contribution is -2.48. The van der Waals surface area contributed by atoms with Gasteiger partial charge >= 0.3 is 0 Å². The summed E-state index contributed by atoms with van der Waals surface area (Å²) in [5.41, 5.74) is 2.03. The first-order valence-corrected chi connectivity index (χ1v) is 8.61. The van der Waals surface area contributed by atoms with Gasteiger partial charge in [-0.2, -0.15) is 5.10 Å². The first-order valence-electron chi connectivity index (χ1n) is 8.61. The standard InChI is InChI=1S/C19H24N4O2/c1-13-6-7-15(11-17(13)14(2)24)19(25)21-16-5-4-10-23(12-16)18-8-9-20-22(18)3/h6-9,11,16H,4-5,10,12H2,1-3H3,(H,21,25)/t16-/m0/s1. The first-order chi connectivity index (χ1) is 12.0. The molecule has 0 unspecified atom stereocenters. The fraction of sp³-hybridized carbons (Fsp3) is 0.421. The smallest absolute Gasteiger partial charge is 0.251 e. The summed E-state index contributed by atoms with van der Waals surface area (Å²) >= 11 is 0. The summed E-state index contributed by atoms with van der Waals surface area (Å²) in [7, 11) is 1.92. The van der Waals surface area contributed by atoms with E-state index in [2.05, 4.69) is 15.3 Å². The topological polar surface area (TPSA) is 67.2 Å². The molecule has 0 radical (unpaired) electrons. The SMILES string of the molecule is CC(=O)c1cc(C(=O)N[C@H]2CCCN(c3ccnn3C)C2)ccc1C. The number of rotatable bonds is 4. The van der Waals surface area contributed by atoms with E-state index in [0.29, 0.717) is 11.1 Å². The zero-order chi connectivity index (χ0) is 18.0. The number of nitrogens with one attached hydrogen (secondary N) is 1. The van der Waals surface area contributed by atoms with Crippen molar-refractivity contribution in [2.45, 2.75) is 32.7 Å². The van der Waals surface area contributed by atoms with Gasteiger partial charge < -0.3 is 10.2 Å². The normalized spacial score (nSPS) is 17.4. The molecule has 1 aliphatic rings. The minimum atomic E-state index is -0.126. The van der Waals surface area contributed by atoms with Crippen LogP contribution in [0, 0.1) is 6.92 Å². The van der Waals surface area contributed by atoms with Crippen LogP contribution in [0.25, 0.3) is 0 Å². The van der Waals surface area contributed by atoms with Crippen molar-refractivity contribution in [2.24, 2.45) is 7.05 Å². The van der Waals surface area contributed by atoms with E-state index in [1.165, 1.54) is 6.92 Å². The van der Waals surface area contributed by atoms with Gasteiger partial charge in [0.05, 0.1) is 6.20 Å². The van der Waals surface area contributed by atoms with E-state index in [0.717, 1.165) is 37.3 Å². The van der Waals surface area contributed by atoms with Gasteiger partial charge in [-0.05, 0) is 44.4 Å². The minimum absolute atomic E-state index is 0.0211. The molecule has 25 heavy (non-hydrogen) atoms. The van der Waals surface area contributed by atoms with Gasteiger partial charge in [-0.3, -0.25) is 14.3 Å². The molecule has 1 aliphatic heterocycles. The first kappa shape index (κ1) is 17.2. The number of Topliss-reactive ketones (excluding diaryl/α,β-unsaturated/α-hetero) is 1. The van der Waals surface area contributed by atoms with Crippen LogP contribution in [0.2, 0.25) is 0 Å². The molecular formula is C19H24N4O2. The lowest BCUT2D eigenvalue weighted by atomic mass is 10.0. The zero-order valence-electron chi connectivity index (χ0n) is 15.0. The van der Waals surface area contributed by atoms with Gasteiger partial charge in [0.2, 0.25) is 0 Å². The average Bonchev–Trinajstić information content (AvgIpc) is 3.01. The molecule has 1 fully saturated rings. The number of aryl methyl sites for hydroxylation is 2. The van der Waals surface area contributed by atoms with Crippen molar-refractivity contribution in [3.05, 3.63) is 47.2 Å². The molecule has 0 bridgehead atoms. The van der Waals surface area contributed by atoms with E-state index in [4.69, 9.17) is 0 Å². The van der Waals surface area contributed by atoms with E-state index >= 15 is 0 Å². The number of ketones is 1. The third kappa shape index (κ3) is 3.73. The summed E-state index contributed by atoms with van der Waals surface area (Å²) < 4.78 is 1.85.